The maximum Gasteiger partial charge on any atom is 0.407 e. The van der Waals surface area contributed by atoms with Crippen molar-refractivity contribution < 1.29 is 24.2 Å². The molecule has 0 fully saturated rings. The van der Waals surface area contributed by atoms with Crippen LogP contribution in [0.5, 0.6) is 0 Å². The average Bonchev–Trinajstić information content (AvgIpc) is 3.13. The molecule has 0 spiro atoms. The summed E-state index contributed by atoms with van der Waals surface area (Å²) in [5, 5.41) is 14.7. The zero-order chi connectivity index (χ0) is 24.7. The normalized spacial score (nSPS) is 14.1. The van der Waals surface area contributed by atoms with Gasteiger partial charge in [-0.1, -0.05) is 82.1 Å². The van der Waals surface area contributed by atoms with Gasteiger partial charge < -0.3 is 20.5 Å². The first-order valence-electron chi connectivity index (χ1n) is 12.0. The molecule has 0 aromatic heterocycles. The Morgan fingerprint density at radius 2 is 1.56 bits per heavy atom. The molecule has 1 unspecified atom stereocenters. The first-order chi connectivity index (χ1) is 16.3. The van der Waals surface area contributed by atoms with Crippen LogP contribution in [0.3, 0.4) is 0 Å². The van der Waals surface area contributed by atoms with E-state index >= 15 is 0 Å². The number of ether oxygens (including phenoxy) is 1. The summed E-state index contributed by atoms with van der Waals surface area (Å²) in [5.41, 5.74) is 4.57. The summed E-state index contributed by atoms with van der Waals surface area (Å²) in [6.45, 7) is 5.70. The number of aliphatic carboxylic acids is 1. The second-order valence-electron chi connectivity index (χ2n) is 9.14. The molecule has 1 aliphatic carbocycles. The summed E-state index contributed by atoms with van der Waals surface area (Å²) >= 11 is 0. The Bertz CT molecular complexity index is 974. The van der Waals surface area contributed by atoms with Gasteiger partial charge in [-0.15, -0.1) is 0 Å². The largest absolute Gasteiger partial charge is 0.480 e. The number of fused-ring (bicyclic) bond motifs is 3. The van der Waals surface area contributed by atoms with E-state index in [1.807, 2.05) is 31.2 Å². The van der Waals surface area contributed by atoms with Crippen LogP contribution in [0.4, 0.5) is 4.79 Å². The van der Waals surface area contributed by atoms with Gasteiger partial charge in [0.25, 0.3) is 0 Å². The van der Waals surface area contributed by atoms with Crippen LogP contribution >= 0.6 is 0 Å². The van der Waals surface area contributed by atoms with Gasteiger partial charge in [0.05, 0.1) is 0 Å². The van der Waals surface area contributed by atoms with Crippen molar-refractivity contribution in [2.75, 3.05) is 6.61 Å². The number of hydrogen-bond acceptors (Lipinski definition) is 4. The Labute approximate surface area is 200 Å². The number of amides is 2. The van der Waals surface area contributed by atoms with Gasteiger partial charge in [0, 0.05) is 18.4 Å². The maximum atomic E-state index is 12.7. The lowest BCUT2D eigenvalue weighted by Gasteiger charge is -2.22. The third-order valence-electron chi connectivity index (χ3n) is 6.25. The predicted molar refractivity (Wildman–Crippen MR) is 131 cm³/mol. The van der Waals surface area contributed by atoms with Crippen molar-refractivity contribution in [2.24, 2.45) is 5.92 Å². The fraction of sp³-hybridized carbons (Fsp3) is 0.444. The standard InChI is InChI=1S/C27H34N2O5/c1-4-5-10-18(15-24(30)29-25(17(2)3)26(31)32)28-27(33)34-16-23-21-13-8-6-11-19(21)20-12-7-9-14-22(20)23/h6-9,11-14,17-18,23,25H,4-5,10,15-16H2,1-3H3,(H,28,33)(H,29,30)(H,31,32)/t18-,25?/m1/s1. The lowest BCUT2D eigenvalue weighted by atomic mass is 9.98. The highest BCUT2D eigenvalue weighted by molar-refractivity contribution is 5.84. The predicted octanol–water partition coefficient (Wildman–Crippen LogP) is 4.70. The summed E-state index contributed by atoms with van der Waals surface area (Å²) in [5.74, 6) is -1.76. The van der Waals surface area contributed by atoms with Gasteiger partial charge in [0.15, 0.2) is 0 Å². The Morgan fingerprint density at radius 1 is 0.971 bits per heavy atom. The molecule has 3 N–H and O–H groups in total. The number of benzene rings is 2. The topological polar surface area (TPSA) is 105 Å². The fourth-order valence-electron chi connectivity index (χ4n) is 4.45. The number of alkyl carbamates (subject to hydrolysis) is 1. The lowest BCUT2D eigenvalue weighted by molar-refractivity contribution is -0.143. The van der Waals surface area contributed by atoms with Gasteiger partial charge in [-0.05, 0) is 34.6 Å². The second kappa shape index (κ2) is 11.7. The van der Waals surface area contributed by atoms with Crippen molar-refractivity contribution in [3.63, 3.8) is 0 Å². The highest BCUT2D eigenvalue weighted by atomic mass is 16.5. The molecule has 2 aromatic carbocycles. The molecule has 0 aliphatic heterocycles. The van der Waals surface area contributed by atoms with Gasteiger partial charge in [-0.2, -0.15) is 0 Å². The number of carbonyl (C=O) groups is 3. The lowest BCUT2D eigenvalue weighted by Crippen LogP contribution is -2.47. The highest BCUT2D eigenvalue weighted by Gasteiger charge is 2.30. The zero-order valence-corrected chi connectivity index (χ0v) is 20.0. The highest BCUT2D eigenvalue weighted by Crippen LogP contribution is 2.44. The molecular formula is C27H34N2O5. The number of carbonyl (C=O) groups excluding carboxylic acids is 2. The maximum absolute atomic E-state index is 12.7. The molecule has 0 radical (unpaired) electrons. The summed E-state index contributed by atoms with van der Waals surface area (Å²) in [6, 6.07) is 14.9. The summed E-state index contributed by atoms with van der Waals surface area (Å²) in [7, 11) is 0. The molecule has 0 saturated carbocycles. The van der Waals surface area contributed by atoms with E-state index in [-0.39, 0.29) is 24.9 Å². The Hall–Kier alpha value is -3.35. The minimum Gasteiger partial charge on any atom is -0.480 e. The van der Waals surface area contributed by atoms with Crippen LogP contribution in [0.15, 0.2) is 48.5 Å². The van der Waals surface area contributed by atoms with Crippen molar-refractivity contribution in [2.45, 2.75) is 64.5 Å². The number of nitrogens with one attached hydrogen (secondary N) is 2. The number of hydrogen-bond donors (Lipinski definition) is 3. The smallest absolute Gasteiger partial charge is 0.407 e. The van der Waals surface area contributed by atoms with Crippen molar-refractivity contribution in [3.8, 4) is 11.1 Å². The van der Waals surface area contributed by atoms with Gasteiger partial charge in [0.1, 0.15) is 12.6 Å². The fourth-order valence-corrected chi connectivity index (χ4v) is 4.45. The van der Waals surface area contributed by atoms with Crippen LogP contribution < -0.4 is 10.6 Å². The average molecular weight is 467 g/mol. The van der Waals surface area contributed by atoms with Crippen molar-refractivity contribution in [3.05, 3.63) is 59.7 Å². The molecule has 0 heterocycles. The van der Waals surface area contributed by atoms with Crippen LogP contribution in [-0.2, 0) is 14.3 Å². The third-order valence-corrected chi connectivity index (χ3v) is 6.25. The molecule has 0 bridgehead atoms. The first kappa shape index (κ1) is 25.3. The van der Waals surface area contributed by atoms with E-state index in [0.717, 1.165) is 35.1 Å². The Kier molecular flexibility index (Phi) is 8.68. The van der Waals surface area contributed by atoms with E-state index in [1.165, 1.54) is 0 Å². The summed E-state index contributed by atoms with van der Waals surface area (Å²) in [4.78, 5) is 36.5. The van der Waals surface area contributed by atoms with Crippen LogP contribution in [-0.4, -0.2) is 41.8 Å². The number of carboxylic acid groups (broad SMARTS) is 1. The van der Waals surface area contributed by atoms with Gasteiger partial charge >= 0.3 is 12.1 Å². The molecule has 2 amide bonds. The molecule has 7 nitrogen and oxygen atoms in total. The quantitative estimate of drug-likeness (QED) is 0.445. The van der Waals surface area contributed by atoms with E-state index < -0.39 is 30.1 Å². The molecule has 2 atom stereocenters. The number of carboxylic acids is 1. The van der Waals surface area contributed by atoms with Gasteiger partial charge in [-0.3, -0.25) is 4.79 Å². The van der Waals surface area contributed by atoms with Gasteiger partial charge in [-0.25, -0.2) is 9.59 Å². The molecule has 182 valence electrons. The molecule has 7 heteroatoms. The number of unbranched alkanes of at least 4 members (excludes halogenated alkanes) is 1. The minimum atomic E-state index is -1.07. The summed E-state index contributed by atoms with van der Waals surface area (Å²) in [6.07, 6.45) is 1.77. The second-order valence-corrected chi connectivity index (χ2v) is 9.14. The molecule has 3 rings (SSSR count). The third kappa shape index (κ3) is 6.16. The van der Waals surface area contributed by atoms with Crippen LogP contribution in [0, 0.1) is 5.92 Å². The van der Waals surface area contributed by atoms with E-state index in [1.54, 1.807) is 13.8 Å². The van der Waals surface area contributed by atoms with E-state index in [2.05, 4.69) is 34.9 Å². The molecule has 2 aromatic rings. The molecule has 0 saturated heterocycles. The van der Waals surface area contributed by atoms with E-state index in [4.69, 9.17) is 4.74 Å². The summed E-state index contributed by atoms with van der Waals surface area (Å²) < 4.78 is 5.61. The minimum absolute atomic E-state index is 0.000690. The molecular weight excluding hydrogens is 432 g/mol. The van der Waals surface area contributed by atoms with Crippen molar-refractivity contribution in [1.82, 2.24) is 10.6 Å². The van der Waals surface area contributed by atoms with E-state index in [0.29, 0.717) is 6.42 Å². The van der Waals surface area contributed by atoms with E-state index in [9.17, 15) is 19.5 Å². The molecule has 34 heavy (non-hydrogen) atoms. The number of rotatable bonds is 11. The van der Waals surface area contributed by atoms with Crippen LogP contribution in [0.25, 0.3) is 11.1 Å². The molecule has 1 aliphatic rings. The Balaban J connectivity index is 1.61. The van der Waals surface area contributed by atoms with Gasteiger partial charge in [0.2, 0.25) is 5.91 Å². The van der Waals surface area contributed by atoms with Crippen molar-refractivity contribution >= 4 is 18.0 Å². The van der Waals surface area contributed by atoms with Crippen molar-refractivity contribution in [1.29, 1.82) is 0 Å². The SMILES string of the molecule is CCCC[C@H](CC(=O)NC(C(=O)O)C(C)C)NC(=O)OCC1c2ccccc2-c2ccccc21. The Morgan fingerprint density at radius 3 is 2.09 bits per heavy atom. The van der Waals surface area contributed by atoms with Crippen LogP contribution in [0.2, 0.25) is 0 Å². The van der Waals surface area contributed by atoms with Crippen LogP contribution in [0.1, 0.15) is 63.5 Å². The zero-order valence-electron chi connectivity index (χ0n) is 20.0. The monoisotopic (exact) mass is 466 g/mol. The first-order valence-corrected chi connectivity index (χ1v) is 12.0.